The Bertz CT molecular complexity index is 519. The van der Waals surface area contributed by atoms with Crippen LogP contribution in [0.3, 0.4) is 0 Å². The number of fused-ring (bicyclic) bond motifs is 1. The van der Waals surface area contributed by atoms with Crippen molar-refractivity contribution < 1.29 is 14.0 Å². The van der Waals surface area contributed by atoms with Crippen LogP contribution in [0.1, 0.15) is 18.9 Å². The molecule has 1 unspecified atom stereocenters. The van der Waals surface area contributed by atoms with Gasteiger partial charge in [-0.2, -0.15) is 0 Å². The van der Waals surface area contributed by atoms with Crippen molar-refractivity contribution in [1.82, 2.24) is 0 Å². The van der Waals surface area contributed by atoms with Gasteiger partial charge in [0.1, 0.15) is 0 Å². The molecule has 1 N–H and O–H groups in total. The molecule has 6 heteroatoms. The first kappa shape index (κ1) is 13.8. The second-order valence-corrected chi connectivity index (χ2v) is 4.79. The highest BCUT2D eigenvalue weighted by molar-refractivity contribution is 6.31. The summed E-state index contributed by atoms with van der Waals surface area (Å²) in [7, 11) is 0. The first-order valence-corrected chi connectivity index (χ1v) is 6.42. The van der Waals surface area contributed by atoms with Gasteiger partial charge >= 0.3 is 0 Å². The average molecular weight is 285 g/mol. The second-order valence-electron chi connectivity index (χ2n) is 4.41. The molecule has 1 aromatic carbocycles. The van der Waals surface area contributed by atoms with Gasteiger partial charge in [0.2, 0.25) is 5.91 Å². The van der Waals surface area contributed by atoms with Gasteiger partial charge < -0.3 is 10.2 Å². The number of aryl methyl sites for hydroxylation is 1. The molecule has 2 amide bonds. The lowest BCUT2D eigenvalue weighted by molar-refractivity contribution is -0.118. The lowest BCUT2D eigenvalue weighted by Crippen LogP contribution is -2.33. The molecule has 0 saturated heterocycles. The maximum Gasteiger partial charge on any atom is 0.274 e. The van der Waals surface area contributed by atoms with E-state index in [1.54, 1.807) is 23.1 Å². The van der Waals surface area contributed by atoms with Crippen LogP contribution in [0, 0.1) is 0 Å². The van der Waals surface area contributed by atoms with Gasteiger partial charge in [-0.1, -0.05) is 11.6 Å². The van der Waals surface area contributed by atoms with Gasteiger partial charge in [-0.25, -0.2) is 4.39 Å². The summed E-state index contributed by atoms with van der Waals surface area (Å²) in [4.78, 5) is 24.4. The fraction of sp³-hybridized carbons (Fsp3) is 0.385. The molecule has 102 valence electrons. The Morgan fingerprint density at radius 2 is 2.21 bits per heavy atom. The van der Waals surface area contributed by atoms with Crippen molar-refractivity contribution in [1.29, 1.82) is 0 Å². The predicted molar refractivity (Wildman–Crippen MR) is 72.2 cm³/mol. The van der Waals surface area contributed by atoms with Crippen molar-refractivity contribution in [3.63, 3.8) is 0 Å². The first-order valence-electron chi connectivity index (χ1n) is 5.99. The number of benzene rings is 1. The van der Waals surface area contributed by atoms with Crippen molar-refractivity contribution in [2.45, 2.75) is 25.4 Å². The lowest BCUT2D eigenvalue weighted by atomic mass is 10.0. The Morgan fingerprint density at radius 3 is 2.84 bits per heavy atom. The minimum absolute atomic E-state index is 0.0117. The van der Waals surface area contributed by atoms with Crippen molar-refractivity contribution in [2.75, 3.05) is 16.8 Å². The largest absolute Gasteiger partial charge is 0.322 e. The van der Waals surface area contributed by atoms with Crippen molar-refractivity contribution >= 4 is 34.8 Å². The molecule has 0 fully saturated rings. The highest BCUT2D eigenvalue weighted by Crippen LogP contribution is 2.29. The van der Waals surface area contributed by atoms with Gasteiger partial charge in [-0.05, 0) is 36.6 Å². The smallest absolute Gasteiger partial charge is 0.274 e. The predicted octanol–water partition coefficient (Wildman–Crippen LogP) is 2.46. The van der Waals surface area contributed by atoms with Crippen LogP contribution in [0.2, 0.25) is 0 Å². The van der Waals surface area contributed by atoms with E-state index in [0.717, 1.165) is 24.1 Å². The molecule has 0 aromatic heterocycles. The highest BCUT2D eigenvalue weighted by Gasteiger charge is 2.21. The second kappa shape index (κ2) is 5.57. The quantitative estimate of drug-likeness (QED) is 0.848. The maximum atomic E-state index is 12.6. The molecule has 0 bridgehead atoms. The van der Waals surface area contributed by atoms with E-state index in [0.29, 0.717) is 12.2 Å². The van der Waals surface area contributed by atoms with Crippen LogP contribution in [0.15, 0.2) is 18.2 Å². The SMILES string of the molecule is CC(=O)N1CCCc2cc(NC(=O)C(F)Cl)ccc21. The molecule has 4 nitrogen and oxygen atoms in total. The summed E-state index contributed by atoms with van der Waals surface area (Å²) in [5.74, 6) is -0.900. The number of amides is 2. The number of hydrogen-bond donors (Lipinski definition) is 1. The topological polar surface area (TPSA) is 49.4 Å². The number of carbonyl (C=O) groups excluding carboxylic acids is 2. The molecule has 0 saturated carbocycles. The van der Waals surface area contributed by atoms with Gasteiger partial charge in [-0.15, -0.1) is 0 Å². The Kier molecular flexibility index (Phi) is 4.04. The summed E-state index contributed by atoms with van der Waals surface area (Å²) in [6, 6.07) is 5.14. The zero-order valence-corrected chi connectivity index (χ0v) is 11.2. The number of anilines is 2. The summed E-state index contributed by atoms with van der Waals surface area (Å²) in [6.45, 7) is 2.22. The normalized spacial score (nSPS) is 15.6. The van der Waals surface area contributed by atoms with E-state index in [9.17, 15) is 14.0 Å². The number of nitrogens with zero attached hydrogens (tertiary/aromatic N) is 1. The molecular formula is C13H14ClFN2O2. The van der Waals surface area contributed by atoms with Gasteiger partial charge in [0.15, 0.2) is 0 Å². The zero-order chi connectivity index (χ0) is 14.0. The van der Waals surface area contributed by atoms with Gasteiger partial charge in [0.05, 0.1) is 0 Å². The fourth-order valence-corrected chi connectivity index (χ4v) is 2.25. The van der Waals surface area contributed by atoms with E-state index in [1.165, 1.54) is 6.92 Å². The van der Waals surface area contributed by atoms with Crippen molar-refractivity contribution in [3.05, 3.63) is 23.8 Å². The fourth-order valence-electron chi connectivity index (χ4n) is 2.20. The Balaban J connectivity index is 2.24. The van der Waals surface area contributed by atoms with E-state index in [2.05, 4.69) is 5.32 Å². The number of halogens is 2. The van der Waals surface area contributed by atoms with Crippen LogP contribution < -0.4 is 10.2 Å². The molecule has 0 spiro atoms. The van der Waals surface area contributed by atoms with E-state index < -0.39 is 11.5 Å². The summed E-state index contributed by atoms with van der Waals surface area (Å²) in [6.07, 6.45) is 1.69. The molecule has 0 aliphatic carbocycles. The van der Waals surface area contributed by atoms with Crippen LogP contribution in [-0.2, 0) is 16.0 Å². The standard InChI is InChI=1S/C13H14ClFN2O2/c1-8(18)17-6-2-3-9-7-10(4-5-11(9)17)16-13(19)12(14)15/h4-5,7,12H,2-3,6H2,1H3,(H,16,19). The number of hydrogen-bond acceptors (Lipinski definition) is 2. The van der Waals surface area contributed by atoms with Crippen LogP contribution in [0.25, 0.3) is 0 Å². The van der Waals surface area contributed by atoms with Crippen LogP contribution in [0.4, 0.5) is 15.8 Å². The Hall–Kier alpha value is -1.62. The number of alkyl halides is 2. The summed E-state index contributed by atoms with van der Waals surface area (Å²) < 4.78 is 12.6. The van der Waals surface area contributed by atoms with Crippen LogP contribution in [0.5, 0.6) is 0 Å². The Morgan fingerprint density at radius 1 is 1.47 bits per heavy atom. The molecule has 1 heterocycles. The van der Waals surface area contributed by atoms with E-state index >= 15 is 0 Å². The molecule has 0 radical (unpaired) electrons. The van der Waals surface area contributed by atoms with Crippen molar-refractivity contribution in [2.24, 2.45) is 0 Å². The van der Waals surface area contributed by atoms with Gasteiger partial charge in [0.25, 0.3) is 11.5 Å². The summed E-state index contributed by atoms with van der Waals surface area (Å²) >= 11 is 5.05. The number of rotatable bonds is 2. The van der Waals surface area contributed by atoms with Crippen LogP contribution >= 0.6 is 11.6 Å². The van der Waals surface area contributed by atoms with Gasteiger partial charge in [-0.3, -0.25) is 9.59 Å². The molecule has 19 heavy (non-hydrogen) atoms. The van der Waals surface area contributed by atoms with Gasteiger partial charge in [0, 0.05) is 24.8 Å². The maximum absolute atomic E-state index is 12.6. The van der Waals surface area contributed by atoms with Crippen molar-refractivity contribution in [3.8, 4) is 0 Å². The number of nitrogens with one attached hydrogen (secondary N) is 1. The molecule has 1 aromatic rings. The molecular weight excluding hydrogens is 271 g/mol. The zero-order valence-electron chi connectivity index (χ0n) is 10.5. The first-order chi connectivity index (χ1) is 8.99. The van der Waals surface area contributed by atoms with E-state index in [4.69, 9.17) is 11.6 Å². The third-order valence-corrected chi connectivity index (χ3v) is 3.24. The average Bonchev–Trinajstić information content (AvgIpc) is 2.37. The third kappa shape index (κ3) is 3.04. The van der Waals surface area contributed by atoms with E-state index in [-0.39, 0.29) is 5.91 Å². The highest BCUT2D eigenvalue weighted by atomic mass is 35.5. The lowest BCUT2D eigenvalue weighted by Gasteiger charge is -2.28. The molecule has 1 aliphatic heterocycles. The minimum Gasteiger partial charge on any atom is -0.322 e. The summed E-state index contributed by atoms with van der Waals surface area (Å²) in [5, 5.41) is 2.39. The molecule has 2 rings (SSSR count). The molecule has 1 aliphatic rings. The minimum atomic E-state index is -2.07. The monoisotopic (exact) mass is 284 g/mol. The van der Waals surface area contributed by atoms with E-state index in [1.807, 2.05) is 0 Å². The Labute approximate surface area is 115 Å². The third-order valence-electron chi connectivity index (χ3n) is 3.04. The van der Waals surface area contributed by atoms with Crippen LogP contribution in [-0.4, -0.2) is 24.0 Å². The summed E-state index contributed by atoms with van der Waals surface area (Å²) in [5.41, 5.74) is 0.228. The number of carbonyl (C=O) groups is 2. The molecule has 1 atom stereocenters.